The van der Waals surface area contributed by atoms with E-state index in [4.69, 9.17) is 16.3 Å². The lowest BCUT2D eigenvalue weighted by molar-refractivity contribution is -0.384. The fraction of sp³-hybridized carbons (Fsp3) is 0.167. The second-order valence-electron chi connectivity index (χ2n) is 5.79. The van der Waals surface area contributed by atoms with Gasteiger partial charge in [0.2, 0.25) is 0 Å². The van der Waals surface area contributed by atoms with Gasteiger partial charge in [0.1, 0.15) is 17.4 Å². The van der Waals surface area contributed by atoms with Crippen LogP contribution in [0.4, 0.5) is 21.6 Å². The number of nitrogens with zero attached hydrogens (tertiary/aromatic N) is 3. The first-order valence-electron chi connectivity index (χ1n) is 7.91. The molecule has 3 aromatic rings. The summed E-state index contributed by atoms with van der Waals surface area (Å²) >= 11 is 6.22. The van der Waals surface area contributed by atoms with Crippen LogP contribution in [-0.2, 0) is 7.05 Å². The minimum atomic E-state index is -0.501. The summed E-state index contributed by atoms with van der Waals surface area (Å²) in [4.78, 5) is 10.9. The Kier molecular flexibility index (Phi) is 5.00. The standard InChI is InChI=1S/C18H16ClFN4O3/c1-10-16(12-8-7-11(20)9-13(12)19)18(23(2)22-10)21-17-14(24(25)26)5-4-6-15(17)27-3/h4-9,21H,1-3H3. The Labute approximate surface area is 159 Å². The van der Waals surface area contributed by atoms with Crippen LogP contribution in [0.25, 0.3) is 11.1 Å². The number of benzene rings is 2. The molecule has 140 valence electrons. The largest absolute Gasteiger partial charge is 0.494 e. The van der Waals surface area contributed by atoms with Gasteiger partial charge in [0, 0.05) is 24.2 Å². The fourth-order valence-corrected chi connectivity index (χ4v) is 3.16. The number of para-hydroxylation sites is 1. The summed E-state index contributed by atoms with van der Waals surface area (Å²) in [5, 5.41) is 19.1. The Balaban J connectivity index is 2.20. The first-order chi connectivity index (χ1) is 12.8. The second kappa shape index (κ2) is 7.24. The minimum Gasteiger partial charge on any atom is -0.494 e. The maximum absolute atomic E-state index is 13.4. The predicted molar refractivity (Wildman–Crippen MR) is 101 cm³/mol. The number of aromatic nitrogens is 2. The highest BCUT2D eigenvalue weighted by atomic mass is 35.5. The number of ether oxygens (including phenoxy) is 1. The van der Waals surface area contributed by atoms with Crippen LogP contribution in [0, 0.1) is 22.9 Å². The van der Waals surface area contributed by atoms with E-state index in [2.05, 4.69) is 10.4 Å². The van der Waals surface area contributed by atoms with E-state index in [1.165, 1.54) is 31.4 Å². The van der Waals surface area contributed by atoms with Gasteiger partial charge in [-0.05, 0) is 31.2 Å². The van der Waals surface area contributed by atoms with Crippen LogP contribution in [0.2, 0.25) is 5.02 Å². The number of nitro benzene ring substituents is 1. The summed E-state index contributed by atoms with van der Waals surface area (Å²) < 4.78 is 20.3. The fourth-order valence-electron chi connectivity index (χ4n) is 2.90. The molecule has 0 aliphatic heterocycles. The molecule has 0 bridgehead atoms. The first-order valence-corrected chi connectivity index (χ1v) is 8.28. The monoisotopic (exact) mass is 390 g/mol. The van der Waals surface area contributed by atoms with Gasteiger partial charge in [0.05, 0.1) is 22.7 Å². The zero-order chi connectivity index (χ0) is 19.7. The molecule has 0 aliphatic carbocycles. The van der Waals surface area contributed by atoms with E-state index in [0.717, 1.165) is 0 Å². The van der Waals surface area contributed by atoms with E-state index in [9.17, 15) is 14.5 Å². The van der Waals surface area contributed by atoms with Crippen molar-refractivity contribution in [3.05, 3.63) is 63.0 Å². The average molecular weight is 391 g/mol. The van der Waals surface area contributed by atoms with Crippen LogP contribution >= 0.6 is 11.6 Å². The number of nitrogens with one attached hydrogen (secondary N) is 1. The van der Waals surface area contributed by atoms with Crippen molar-refractivity contribution in [2.75, 3.05) is 12.4 Å². The van der Waals surface area contributed by atoms with Gasteiger partial charge in [0.15, 0.2) is 5.69 Å². The van der Waals surface area contributed by atoms with Crippen molar-refractivity contribution >= 4 is 28.8 Å². The predicted octanol–water partition coefficient (Wildman–Crippen LogP) is 4.85. The highest BCUT2D eigenvalue weighted by molar-refractivity contribution is 6.33. The molecule has 1 aromatic heterocycles. The quantitative estimate of drug-likeness (QED) is 0.497. The summed E-state index contributed by atoms with van der Waals surface area (Å²) in [5.74, 6) is 0.313. The van der Waals surface area contributed by atoms with Crippen LogP contribution in [0.3, 0.4) is 0 Å². The second-order valence-corrected chi connectivity index (χ2v) is 6.20. The van der Waals surface area contributed by atoms with Gasteiger partial charge in [-0.3, -0.25) is 14.8 Å². The molecule has 3 rings (SSSR count). The topological polar surface area (TPSA) is 82.2 Å². The molecule has 9 heteroatoms. The Morgan fingerprint density at radius 3 is 2.70 bits per heavy atom. The lowest BCUT2D eigenvalue weighted by Crippen LogP contribution is -2.04. The SMILES string of the molecule is COc1cccc([N+](=O)[O-])c1Nc1c(-c2ccc(F)cc2Cl)c(C)nn1C. The molecular weight excluding hydrogens is 375 g/mol. The van der Waals surface area contributed by atoms with Gasteiger partial charge in [-0.1, -0.05) is 17.7 Å². The third-order valence-electron chi connectivity index (χ3n) is 4.09. The Bertz CT molecular complexity index is 1040. The van der Waals surface area contributed by atoms with E-state index >= 15 is 0 Å². The van der Waals surface area contributed by atoms with Crippen LogP contribution in [0.5, 0.6) is 5.75 Å². The molecule has 0 amide bonds. The average Bonchev–Trinajstić information content (AvgIpc) is 2.88. The van der Waals surface area contributed by atoms with Gasteiger partial charge >= 0.3 is 0 Å². The van der Waals surface area contributed by atoms with E-state index in [0.29, 0.717) is 28.4 Å². The number of anilines is 2. The number of nitro groups is 1. The van der Waals surface area contributed by atoms with E-state index < -0.39 is 10.7 Å². The molecule has 0 fully saturated rings. The molecule has 1 N–H and O–H groups in total. The molecule has 27 heavy (non-hydrogen) atoms. The lowest BCUT2D eigenvalue weighted by atomic mass is 10.1. The molecule has 0 saturated heterocycles. The first kappa shape index (κ1) is 18.7. The summed E-state index contributed by atoms with van der Waals surface area (Å²) in [6, 6.07) is 8.57. The molecule has 7 nitrogen and oxygen atoms in total. The zero-order valence-corrected chi connectivity index (χ0v) is 15.5. The maximum atomic E-state index is 13.4. The van der Waals surface area contributed by atoms with E-state index in [1.807, 2.05) is 0 Å². The van der Waals surface area contributed by atoms with Crippen LogP contribution < -0.4 is 10.1 Å². The molecule has 1 heterocycles. The van der Waals surface area contributed by atoms with Crippen molar-refractivity contribution in [2.24, 2.45) is 7.05 Å². The van der Waals surface area contributed by atoms with Crippen LogP contribution in [0.15, 0.2) is 36.4 Å². The van der Waals surface area contributed by atoms with Crippen molar-refractivity contribution in [1.29, 1.82) is 0 Å². The molecule has 2 aromatic carbocycles. The highest BCUT2D eigenvalue weighted by Crippen LogP contribution is 2.41. The summed E-state index contributed by atoms with van der Waals surface area (Å²) in [6.07, 6.45) is 0. The van der Waals surface area contributed by atoms with Crippen LogP contribution in [-0.4, -0.2) is 21.8 Å². The lowest BCUT2D eigenvalue weighted by Gasteiger charge is -2.14. The number of hydrogen-bond acceptors (Lipinski definition) is 5. The number of halogens is 2. The molecule has 0 spiro atoms. The third-order valence-corrected chi connectivity index (χ3v) is 4.40. The number of rotatable bonds is 5. The van der Waals surface area contributed by atoms with Gasteiger partial charge in [0.25, 0.3) is 5.69 Å². The number of aryl methyl sites for hydroxylation is 2. The normalized spacial score (nSPS) is 10.7. The minimum absolute atomic E-state index is 0.149. The molecule has 0 unspecified atom stereocenters. The molecule has 0 atom stereocenters. The van der Waals surface area contributed by atoms with Gasteiger partial charge in [-0.15, -0.1) is 0 Å². The van der Waals surface area contributed by atoms with E-state index in [-0.39, 0.29) is 16.4 Å². The van der Waals surface area contributed by atoms with Crippen molar-refractivity contribution in [3.8, 4) is 16.9 Å². The molecule has 0 saturated carbocycles. The molecular formula is C18H16ClFN4O3. The smallest absolute Gasteiger partial charge is 0.296 e. The number of hydrogen-bond donors (Lipinski definition) is 1. The zero-order valence-electron chi connectivity index (χ0n) is 14.8. The van der Waals surface area contributed by atoms with Crippen molar-refractivity contribution < 1.29 is 14.1 Å². The Morgan fingerprint density at radius 2 is 2.07 bits per heavy atom. The van der Waals surface area contributed by atoms with Crippen molar-refractivity contribution in [3.63, 3.8) is 0 Å². The van der Waals surface area contributed by atoms with Crippen molar-refractivity contribution in [1.82, 2.24) is 9.78 Å². The maximum Gasteiger partial charge on any atom is 0.296 e. The number of methoxy groups -OCH3 is 1. The Morgan fingerprint density at radius 1 is 1.33 bits per heavy atom. The van der Waals surface area contributed by atoms with Crippen molar-refractivity contribution in [2.45, 2.75) is 6.92 Å². The summed E-state index contributed by atoms with van der Waals surface area (Å²) in [5.41, 5.74) is 1.84. The summed E-state index contributed by atoms with van der Waals surface area (Å²) in [6.45, 7) is 1.77. The van der Waals surface area contributed by atoms with Gasteiger partial charge in [-0.2, -0.15) is 5.10 Å². The van der Waals surface area contributed by atoms with Gasteiger partial charge in [-0.25, -0.2) is 4.39 Å². The van der Waals surface area contributed by atoms with Gasteiger partial charge < -0.3 is 10.1 Å². The highest BCUT2D eigenvalue weighted by Gasteiger charge is 2.24. The van der Waals surface area contributed by atoms with E-state index in [1.54, 1.807) is 30.8 Å². The molecule has 0 aliphatic rings. The third kappa shape index (κ3) is 3.43. The Hall–Kier alpha value is -3.13. The molecule has 0 radical (unpaired) electrons. The summed E-state index contributed by atoms with van der Waals surface area (Å²) in [7, 11) is 3.12. The van der Waals surface area contributed by atoms with Crippen LogP contribution in [0.1, 0.15) is 5.69 Å².